The molecule has 2 aliphatic rings. The fourth-order valence-electron chi connectivity index (χ4n) is 4.60. The van der Waals surface area contributed by atoms with Crippen LogP contribution in [-0.4, -0.2) is 75.4 Å². The van der Waals surface area contributed by atoms with E-state index >= 15 is 4.39 Å². The molecule has 2 aliphatic heterocycles. The number of benzene rings is 2. The van der Waals surface area contributed by atoms with Crippen LogP contribution < -0.4 is 9.64 Å². The monoisotopic (exact) mass is 601 g/mol. The summed E-state index contributed by atoms with van der Waals surface area (Å²) in [6, 6.07) is 5.11. The van der Waals surface area contributed by atoms with Gasteiger partial charge >= 0.3 is 14.0 Å². The highest BCUT2D eigenvalue weighted by molar-refractivity contribution is 7.46. The molecule has 39 heavy (non-hydrogen) atoms. The van der Waals surface area contributed by atoms with Gasteiger partial charge < -0.3 is 34.6 Å². The molecule has 17 heteroatoms. The maximum Gasteiger partial charge on any atom is 0.470 e. The van der Waals surface area contributed by atoms with Crippen molar-refractivity contribution < 1.29 is 66.0 Å². The summed E-state index contributed by atoms with van der Waals surface area (Å²) >= 11 is 6.01. The van der Waals surface area contributed by atoms with Crippen LogP contribution in [0.4, 0.5) is 23.2 Å². The molecule has 0 bridgehead atoms. The minimum absolute atomic E-state index is 0.0712. The van der Waals surface area contributed by atoms with Crippen molar-refractivity contribution in [3.05, 3.63) is 58.1 Å². The Morgan fingerprint density at radius 3 is 2.36 bits per heavy atom. The lowest BCUT2D eigenvalue weighted by molar-refractivity contribution is -0.225. The zero-order valence-electron chi connectivity index (χ0n) is 19.6. The van der Waals surface area contributed by atoms with Crippen molar-refractivity contribution in [2.75, 3.05) is 18.6 Å². The number of halogens is 5. The standard InChI is InChI=1S/C22H21ClF4NO10P/c1-36-14-5-3-10(23)7-12(14)21(24)11-4-2-9(22(25,26)27)6-13(11)28(20(21)32)19-18(38-39(33,34)35)17(31)16(30)15(8-29)37-19/h2-7,15-19,29-31H,8H2,1H3,(H2,33,34,35). The van der Waals surface area contributed by atoms with Crippen LogP contribution >= 0.6 is 19.4 Å². The van der Waals surface area contributed by atoms with Crippen LogP contribution in [0, 0.1) is 0 Å². The van der Waals surface area contributed by atoms with E-state index in [0.29, 0.717) is 18.2 Å². The highest BCUT2D eigenvalue weighted by Crippen LogP contribution is 2.54. The summed E-state index contributed by atoms with van der Waals surface area (Å²) in [4.78, 5) is 32.9. The number of fused-ring (bicyclic) bond motifs is 1. The van der Waals surface area contributed by atoms with E-state index in [2.05, 4.69) is 4.52 Å². The van der Waals surface area contributed by atoms with Gasteiger partial charge in [0.2, 0.25) is 5.67 Å². The Balaban J connectivity index is 1.99. The minimum Gasteiger partial charge on any atom is -0.496 e. The van der Waals surface area contributed by atoms with Crippen molar-refractivity contribution in [2.45, 2.75) is 42.5 Å². The summed E-state index contributed by atoms with van der Waals surface area (Å²) in [5.41, 5.74) is -6.55. The number of aliphatic hydroxyl groups is 3. The molecule has 5 N–H and O–H groups in total. The van der Waals surface area contributed by atoms with Crippen molar-refractivity contribution in [3.63, 3.8) is 0 Å². The maximum atomic E-state index is 17.1. The molecule has 11 nitrogen and oxygen atoms in total. The van der Waals surface area contributed by atoms with Crippen molar-refractivity contribution >= 4 is 31.0 Å². The molecule has 214 valence electrons. The van der Waals surface area contributed by atoms with Crippen LogP contribution in [0.2, 0.25) is 5.02 Å². The first kappa shape index (κ1) is 29.6. The lowest BCUT2D eigenvalue weighted by atomic mass is 9.88. The first-order valence-electron chi connectivity index (χ1n) is 11.0. The lowest BCUT2D eigenvalue weighted by Gasteiger charge is -2.45. The SMILES string of the molecule is COc1ccc(Cl)cc1C1(F)C(=O)N(C2OC(CO)C(O)C(O)C2OP(=O)(O)O)c2cc(C(F)(F)F)ccc21. The first-order valence-corrected chi connectivity index (χ1v) is 12.9. The quantitative estimate of drug-likeness (QED) is 0.244. The number of carbonyl (C=O) groups excluding carboxylic acids is 1. The third-order valence-electron chi connectivity index (χ3n) is 6.36. The number of aliphatic hydroxyl groups excluding tert-OH is 3. The van der Waals surface area contributed by atoms with Crippen LogP contribution in [0.15, 0.2) is 36.4 Å². The first-order chi connectivity index (χ1) is 18.0. The van der Waals surface area contributed by atoms with Crippen LogP contribution in [0.3, 0.4) is 0 Å². The minimum atomic E-state index is -5.52. The number of methoxy groups -OCH3 is 1. The largest absolute Gasteiger partial charge is 0.496 e. The molecule has 0 saturated carbocycles. The fourth-order valence-corrected chi connectivity index (χ4v) is 5.32. The summed E-state index contributed by atoms with van der Waals surface area (Å²) in [6.07, 6.45) is -15.5. The van der Waals surface area contributed by atoms with E-state index in [0.717, 1.165) is 13.2 Å². The number of anilines is 1. The molecule has 1 amide bonds. The van der Waals surface area contributed by atoms with E-state index < -0.39 is 85.2 Å². The molecule has 0 aromatic heterocycles. The number of hydrogen-bond donors (Lipinski definition) is 5. The van der Waals surface area contributed by atoms with Crippen molar-refractivity contribution in [3.8, 4) is 5.75 Å². The molecule has 1 fully saturated rings. The Labute approximate surface area is 222 Å². The summed E-state index contributed by atoms with van der Waals surface area (Å²) in [5.74, 6) is -1.85. The highest BCUT2D eigenvalue weighted by atomic mass is 35.5. The summed E-state index contributed by atoms with van der Waals surface area (Å²) in [5, 5.41) is 30.3. The average molecular weight is 602 g/mol. The Kier molecular flexibility index (Phi) is 7.79. The zero-order chi connectivity index (χ0) is 29.1. The van der Waals surface area contributed by atoms with Crippen LogP contribution in [-0.2, 0) is 30.5 Å². The van der Waals surface area contributed by atoms with Gasteiger partial charge in [0.15, 0.2) is 6.23 Å². The van der Waals surface area contributed by atoms with Gasteiger partial charge in [-0.05, 0) is 30.3 Å². The predicted molar refractivity (Wildman–Crippen MR) is 123 cm³/mol. The van der Waals surface area contributed by atoms with Crippen LogP contribution in [0.25, 0.3) is 0 Å². The number of carbonyl (C=O) groups is 1. The average Bonchev–Trinajstić information content (AvgIpc) is 3.08. The van der Waals surface area contributed by atoms with Gasteiger partial charge in [0.25, 0.3) is 5.91 Å². The van der Waals surface area contributed by atoms with E-state index in [1.807, 2.05) is 0 Å². The van der Waals surface area contributed by atoms with Gasteiger partial charge in [-0.2, -0.15) is 13.2 Å². The highest BCUT2D eigenvalue weighted by Gasteiger charge is 2.61. The lowest BCUT2D eigenvalue weighted by Crippen LogP contribution is -2.65. The van der Waals surface area contributed by atoms with Crippen molar-refractivity contribution in [2.24, 2.45) is 0 Å². The zero-order valence-corrected chi connectivity index (χ0v) is 21.3. The topological polar surface area (TPSA) is 166 Å². The predicted octanol–water partition coefficient (Wildman–Crippen LogP) is 1.84. The van der Waals surface area contributed by atoms with Gasteiger partial charge in [-0.15, -0.1) is 0 Å². The number of amides is 1. The Morgan fingerprint density at radius 1 is 1.13 bits per heavy atom. The van der Waals surface area contributed by atoms with E-state index in [-0.39, 0.29) is 15.7 Å². The molecule has 4 rings (SSSR count). The van der Waals surface area contributed by atoms with Gasteiger partial charge in [-0.1, -0.05) is 17.7 Å². The molecule has 2 aromatic carbocycles. The van der Waals surface area contributed by atoms with E-state index in [4.69, 9.17) is 21.1 Å². The summed E-state index contributed by atoms with van der Waals surface area (Å²) in [7, 11) is -4.38. The van der Waals surface area contributed by atoms with Gasteiger partial charge in [0, 0.05) is 16.1 Å². The summed E-state index contributed by atoms with van der Waals surface area (Å²) < 4.78 is 84.7. The maximum absolute atomic E-state index is 17.1. The number of hydrogen-bond acceptors (Lipinski definition) is 8. The molecule has 0 aliphatic carbocycles. The summed E-state index contributed by atoms with van der Waals surface area (Å²) in [6.45, 7) is -1.02. The Hall–Kier alpha value is -2.33. The second-order valence-corrected chi connectivity index (χ2v) is 10.3. The van der Waals surface area contributed by atoms with E-state index in [9.17, 15) is 47.6 Å². The molecule has 6 atom stereocenters. The van der Waals surface area contributed by atoms with Gasteiger partial charge in [0.05, 0.1) is 25.0 Å². The van der Waals surface area contributed by atoms with Crippen molar-refractivity contribution in [1.82, 2.24) is 0 Å². The molecule has 6 unspecified atom stereocenters. The van der Waals surface area contributed by atoms with Gasteiger partial charge in [-0.25, -0.2) is 8.96 Å². The number of rotatable bonds is 6. The van der Waals surface area contributed by atoms with Gasteiger partial charge in [-0.3, -0.25) is 14.2 Å². The van der Waals surface area contributed by atoms with E-state index in [1.54, 1.807) is 0 Å². The number of phosphoric ester groups is 1. The molecular weight excluding hydrogens is 581 g/mol. The van der Waals surface area contributed by atoms with Gasteiger partial charge in [0.1, 0.15) is 30.2 Å². The second kappa shape index (κ2) is 10.3. The van der Waals surface area contributed by atoms with E-state index in [1.165, 1.54) is 12.1 Å². The Morgan fingerprint density at radius 2 is 1.79 bits per heavy atom. The van der Waals surface area contributed by atoms with Crippen molar-refractivity contribution in [1.29, 1.82) is 0 Å². The number of ether oxygens (including phenoxy) is 2. The number of alkyl halides is 4. The molecule has 1 saturated heterocycles. The molecule has 2 heterocycles. The number of nitrogens with zero attached hydrogens (tertiary/aromatic N) is 1. The fraction of sp³-hybridized carbons (Fsp3) is 0.409. The second-order valence-electron chi connectivity index (χ2n) is 8.70. The Bertz CT molecular complexity index is 1330. The molecule has 0 radical (unpaired) electrons. The molecular formula is C22H21ClF4NO10P. The number of phosphoric acid groups is 1. The third-order valence-corrected chi connectivity index (χ3v) is 7.11. The normalized spacial score (nSPS) is 29.5. The smallest absolute Gasteiger partial charge is 0.470 e. The molecule has 2 aromatic rings. The third kappa shape index (κ3) is 5.14. The molecule has 0 spiro atoms. The van der Waals surface area contributed by atoms with Crippen LogP contribution in [0.1, 0.15) is 16.7 Å². The van der Waals surface area contributed by atoms with Crippen LogP contribution in [0.5, 0.6) is 5.75 Å².